The number of amides is 1. The Bertz CT molecular complexity index is 919. The number of Topliss-reactive ketones (excluding diaryl/α,β-unsaturated/α-hetero) is 1. The Kier molecular flexibility index (Phi) is 6.26. The molecule has 2 aromatic rings. The first-order chi connectivity index (χ1) is 12.3. The second-order valence-electron chi connectivity index (χ2n) is 5.01. The molecule has 138 valence electrons. The average Bonchev–Trinajstić information content (AvgIpc) is 3.12. The normalized spacial score (nSPS) is 11.8. The Morgan fingerprint density at radius 1 is 1.23 bits per heavy atom. The monoisotopic (exact) mass is 379 g/mol. The first-order valence-electron chi connectivity index (χ1n) is 7.51. The molecule has 0 unspecified atom stereocenters. The van der Waals surface area contributed by atoms with Gasteiger partial charge in [0.2, 0.25) is 10.0 Å². The van der Waals surface area contributed by atoms with Crippen LogP contribution in [0.2, 0.25) is 0 Å². The highest BCUT2D eigenvalue weighted by atomic mass is 32.2. The number of hydrogen-bond donors (Lipinski definition) is 2. The molecule has 0 radical (unpaired) electrons. The fraction of sp³-hybridized carbons (Fsp3) is 0.188. The molecular weight excluding hydrogens is 362 g/mol. The van der Waals surface area contributed by atoms with E-state index in [9.17, 15) is 18.0 Å². The molecule has 0 saturated carbocycles. The van der Waals surface area contributed by atoms with Crippen molar-refractivity contribution in [2.45, 2.75) is 18.2 Å². The molecule has 0 bridgehead atoms. The van der Waals surface area contributed by atoms with Crippen molar-refractivity contribution < 1.29 is 27.2 Å². The van der Waals surface area contributed by atoms with Crippen LogP contribution in [-0.2, 0) is 14.8 Å². The molecule has 1 aromatic carbocycles. The quantitative estimate of drug-likeness (QED) is 0.426. The summed E-state index contributed by atoms with van der Waals surface area (Å²) in [6.45, 7) is 1.78. The first kappa shape index (κ1) is 19.3. The predicted molar refractivity (Wildman–Crippen MR) is 92.2 cm³/mol. The molecule has 0 aliphatic heterocycles. The Morgan fingerprint density at radius 2 is 1.96 bits per heavy atom. The second kappa shape index (κ2) is 8.41. The number of nitrogens with zero attached hydrogens (tertiary/aromatic N) is 1. The van der Waals surface area contributed by atoms with Crippen molar-refractivity contribution >= 4 is 27.6 Å². The molecule has 1 amide bonds. The number of furan rings is 1. The number of benzene rings is 1. The van der Waals surface area contributed by atoms with Gasteiger partial charge in [0.25, 0.3) is 0 Å². The zero-order valence-corrected chi connectivity index (χ0v) is 14.7. The van der Waals surface area contributed by atoms with E-state index in [1.54, 1.807) is 19.1 Å². The fourth-order valence-corrected chi connectivity index (χ4v) is 2.85. The van der Waals surface area contributed by atoms with Gasteiger partial charge in [-0.25, -0.2) is 23.8 Å². The van der Waals surface area contributed by atoms with E-state index in [4.69, 9.17) is 14.3 Å². The molecule has 3 N–H and O–H groups in total. The lowest BCUT2D eigenvalue weighted by atomic mass is 10.0. The molecule has 26 heavy (non-hydrogen) atoms. The van der Waals surface area contributed by atoms with Gasteiger partial charge in [-0.1, -0.05) is 18.2 Å². The summed E-state index contributed by atoms with van der Waals surface area (Å²) >= 11 is 0. The number of ketones is 1. The Hall–Kier alpha value is -2.98. The van der Waals surface area contributed by atoms with E-state index in [0.717, 1.165) is 0 Å². The molecular formula is C16H17N3O6S. The van der Waals surface area contributed by atoms with Crippen LogP contribution in [0, 0.1) is 0 Å². The van der Waals surface area contributed by atoms with E-state index in [1.165, 1.54) is 30.5 Å². The van der Waals surface area contributed by atoms with Gasteiger partial charge < -0.3 is 9.15 Å². The molecule has 0 aliphatic carbocycles. The Labute approximate surface area is 149 Å². The van der Waals surface area contributed by atoms with Crippen LogP contribution in [0.15, 0.2) is 57.1 Å². The zero-order valence-electron chi connectivity index (χ0n) is 13.8. The third-order valence-corrected chi connectivity index (χ3v) is 4.15. The van der Waals surface area contributed by atoms with Crippen molar-refractivity contribution in [1.29, 1.82) is 0 Å². The lowest BCUT2D eigenvalue weighted by Gasteiger charge is -2.08. The van der Waals surface area contributed by atoms with E-state index >= 15 is 0 Å². The summed E-state index contributed by atoms with van der Waals surface area (Å²) < 4.78 is 33.2. The molecule has 0 fully saturated rings. The highest BCUT2D eigenvalue weighted by Gasteiger charge is 2.21. The Balaban J connectivity index is 2.31. The molecule has 9 nitrogen and oxygen atoms in total. The first-order valence-corrected chi connectivity index (χ1v) is 9.05. The van der Waals surface area contributed by atoms with Crippen molar-refractivity contribution in [1.82, 2.24) is 5.43 Å². The third-order valence-electron chi connectivity index (χ3n) is 3.19. The molecule has 0 atom stereocenters. The summed E-state index contributed by atoms with van der Waals surface area (Å²) in [7, 11) is -4.08. The number of sulfonamides is 1. The second-order valence-corrected chi connectivity index (χ2v) is 6.54. The highest BCUT2D eigenvalue weighted by molar-refractivity contribution is 7.89. The van der Waals surface area contributed by atoms with E-state index in [-0.39, 0.29) is 35.0 Å². The predicted octanol–water partition coefficient (Wildman–Crippen LogP) is 1.65. The standard InChI is InChI=1S/C16H17N3O6S/c1-2-24-16(21)19-18-12(14-7-5-9-25-14)10-13(20)11-6-3-4-8-15(11)26(17,22)23/h3-9H,2,10H2,1H3,(H,19,21)(H2,17,22,23)/b18-12+. The number of nitrogens with two attached hydrogens (primary N) is 1. The zero-order chi connectivity index (χ0) is 19.2. The van der Waals surface area contributed by atoms with Crippen LogP contribution in [0.3, 0.4) is 0 Å². The van der Waals surface area contributed by atoms with E-state index in [0.29, 0.717) is 0 Å². The summed E-state index contributed by atoms with van der Waals surface area (Å²) in [6, 6.07) is 8.69. The minimum atomic E-state index is -4.08. The van der Waals surface area contributed by atoms with Crippen molar-refractivity contribution in [2.24, 2.45) is 10.2 Å². The van der Waals surface area contributed by atoms with Gasteiger partial charge in [-0.2, -0.15) is 5.10 Å². The van der Waals surface area contributed by atoms with Crippen molar-refractivity contribution in [3.8, 4) is 0 Å². The van der Waals surface area contributed by atoms with Gasteiger partial charge >= 0.3 is 6.09 Å². The van der Waals surface area contributed by atoms with Crippen molar-refractivity contribution in [2.75, 3.05) is 6.61 Å². The van der Waals surface area contributed by atoms with Crippen LogP contribution in [0.1, 0.15) is 29.5 Å². The summed E-state index contributed by atoms with van der Waals surface area (Å²) in [5.74, 6) is -0.321. The summed E-state index contributed by atoms with van der Waals surface area (Å²) in [6.07, 6.45) is 0.249. The lowest BCUT2D eigenvalue weighted by Crippen LogP contribution is -2.23. The van der Waals surface area contributed by atoms with Gasteiger partial charge in [-0.05, 0) is 25.1 Å². The Morgan fingerprint density at radius 3 is 2.58 bits per heavy atom. The van der Waals surface area contributed by atoms with Crippen molar-refractivity contribution in [3.63, 3.8) is 0 Å². The number of rotatable bonds is 7. The van der Waals surface area contributed by atoms with Crippen LogP contribution < -0.4 is 10.6 Å². The molecule has 1 heterocycles. The van der Waals surface area contributed by atoms with E-state index in [2.05, 4.69) is 10.5 Å². The average molecular weight is 379 g/mol. The van der Waals surface area contributed by atoms with Gasteiger partial charge in [0, 0.05) is 5.56 Å². The van der Waals surface area contributed by atoms with Crippen LogP contribution >= 0.6 is 0 Å². The summed E-state index contributed by atoms with van der Waals surface area (Å²) in [4.78, 5) is 23.7. The number of ether oxygens (including phenoxy) is 1. The van der Waals surface area contributed by atoms with Gasteiger partial charge in [-0.15, -0.1) is 0 Å². The van der Waals surface area contributed by atoms with Gasteiger partial charge in [0.1, 0.15) is 11.5 Å². The fourth-order valence-electron chi connectivity index (χ4n) is 2.09. The largest absolute Gasteiger partial charge is 0.463 e. The van der Waals surface area contributed by atoms with Gasteiger partial charge in [-0.3, -0.25) is 4.79 Å². The minimum absolute atomic E-state index is 0.0783. The third kappa shape index (κ3) is 5.01. The number of carbonyl (C=O) groups excluding carboxylic acids is 2. The summed E-state index contributed by atoms with van der Waals surface area (Å²) in [5, 5.41) is 8.99. The smallest absolute Gasteiger partial charge is 0.427 e. The van der Waals surface area contributed by atoms with Crippen LogP contribution in [0.25, 0.3) is 0 Å². The SMILES string of the molecule is CCOC(=O)N/N=C(\CC(=O)c1ccccc1S(N)(=O)=O)c1ccco1. The minimum Gasteiger partial charge on any atom is -0.463 e. The molecule has 0 aliphatic rings. The van der Waals surface area contributed by atoms with Crippen LogP contribution in [0.5, 0.6) is 0 Å². The number of primary sulfonamides is 1. The van der Waals surface area contributed by atoms with E-state index < -0.39 is 21.9 Å². The topological polar surface area (TPSA) is 141 Å². The number of carbonyl (C=O) groups is 2. The molecule has 10 heteroatoms. The van der Waals surface area contributed by atoms with Gasteiger partial charge in [0.15, 0.2) is 5.78 Å². The summed E-state index contributed by atoms with van der Waals surface area (Å²) in [5.41, 5.74) is 2.16. The number of nitrogens with one attached hydrogen (secondary N) is 1. The highest BCUT2D eigenvalue weighted by Crippen LogP contribution is 2.17. The lowest BCUT2D eigenvalue weighted by molar-refractivity contribution is 0.0996. The maximum Gasteiger partial charge on any atom is 0.427 e. The van der Waals surface area contributed by atoms with Crippen molar-refractivity contribution in [3.05, 3.63) is 54.0 Å². The number of hydrazone groups is 1. The molecule has 0 spiro atoms. The van der Waals surface area contributed by atoms with Gasteiger partial charge in [0.05, 0.1) is 24.2 Å². The molecule has 0 saturated heterocycles. The number of hydrogen-bond acceptors (Lipinski definition) is 7. The molecule has 2 rings (SSSR count). The maximum atomic E-state index is 12.6. The van der Waals surface area contributed by atoms with Crippen LogP contribution in [0.4, 0.5) is 4.79 Å². The van der Waals surface area contributed by atoms with E-state index in [1.807, 2.05) is 0 Å². The molecule has 1 aromatic heterocycles. The maximum absolute atomic E-state index is 12.6. The van der Waals surface area contributed by atoms with Crippen LogP contribution in [-0.4, -0.2) is 32.6 Å².